The third-order valence-corrected chi connectivity index (χ3v) is 9.01. The third kappa shape index (κ3) is 3.81. The van der Waals surface area contributed by atoms with Crippen LogP contribution in [-0.4, -0.2) is 54.5 Å². The van der Waals surface area contributed by atoms with Crippen molar-refractivity contribution in [1.82, 2.24) is 9.80 Å². The Bertz CT molecular complexity index is 1260. The van der Waals surface area contributed by atoms with E-state index in [0.717, 1.165) is 42.4 Å². The molecule has 1 aromatic heterocycles. The lowest BCUT2D eigenvalue weighted by atomic mass is 9.68. The van der Waals surface area contributed by atoms with Gasteiger partial charge in [-0.25, -0.2) is 4.79 Å². The second-order valence-corrected chi connectivity index (χ2v) is 11.1. The Balaban J connectivity index is 1.32. The number of fused-ring (bicyclic) bond motifs is 7. The summed E-state index contributed by atoms with van der Waals surface area (Å²) in [6.07, 6.45) is 9.85. The quantitative estimate of drug-likeness (QED) is 0.486. The zero-order chi connectivity index (χ0) is 24.3. The molecule has 2 aromatic rings. The number of amides is 1. The van der Waals surface area contributed by atoms with Gasteiger partial charge < -0.3 is 14.1 Å². The van der Waals surface area contributed by atoms with Crippen molar-refractivity contribution in [2.75, 3.05) is 26.7 Å². The molecule has 6 rings (SSSR count). The zero-order valence-electron chi connectivity index (χ0n) is 21.1. The number of hydrogen-bond donors (Lipinski definition) is 0. The number of hydrogen-bond acceptors (Lipinski definition) is 5. The van der Waals surface area contributed by atoms with Gasteiger partial charge in [-0.3, -0.25) is 9.69 Å². The molecular formula is C29H36N2O4. The molecule has 1 aromatic carbocycles. The SMILES string of the molecule is COc1cc(C)cc2oc(=O)c(CC(=O)N3CCCC4=CC5CC(CN6CCCC[C@H]56)[C@@H]43)c(C)c12. The highest BCUT2D eigenvalue weighted by Crippen LogP contribution is 2.45. The van der Waals surface area contributed by atoms with E-state index >= 15 is 0 Å². The maximum absolute atomic E-state index is 13.8. The molecule has 4 heterocycles. The third-order valence-electron chi connectivity index (χ3n) is 9.01. The number of benzene rings is 1. The Hall–Kier alpha value is -2.60. The number of carbonyl (C=O) groups is 1. The van der Waals surface area contributed by atoms with E-state index in [1.165, 1.54) is 37.8 Å². The minimum atomic E-state index is -0.415. The van der Waals surface area contributed by atoms with Crippen LogP contribution >= 0.6 is 0 Å². The summed E-state index contributed by atoms with van der Waals surface area (Å²) in [5, 5.41) is 0.781. The molecule has 4 atom stereocenters. The van der Waals surface area contributed by atoms with Gasteiger partial charge in [0.15, 0.2) is 0 Å². The molecule has 4 aliphatic rings. The fraction of sp³-hybridized carbons (Fsp3) is 0.586. The van der Waals surface area contributed by atoms with E-state index in [4.69, 9.17) is 9.15 Å². The summed E-state index contributed by atoms with van der Waals surface area (Å²) in [4.78, 5) is 31.6. The van der Waals surface area contributed by atoms with Gasteiger partial charge in [0.25, 0.3) is 0 Å². The Morgan fingerprint density at radius 3 is 2.86 bits per heavy atom. The number of piperidine rings is 3. The van der Waals surface area contributed by atoms with Crippen LogP contribution in [-0.2, 0) is 11.2 Å². The monoisotopic (exact) mass is 476 g/mol. The van der Waals surface area contributed by atoms with Crippen LogP contribution in [0.5, 0.6) is 5.75 Å². The zero-order valence-corrected chi connectivity index (χ0v) is 21.1. The lowest BCUT2D eigenvalue weighted by Crippen LogP contribution is -2.60. The summed E-state index contributed by atoms with van der Waals surface area (Å²) in [5.74, 6) is 1.85. The highest BCUT2D eigenvalue weighted by atomic mass is 16.5. The first-order valence-electron chi connectivity index (χ1n) is 13.3. The molecule has 1 amide bonds. The second kappa shape index (κ2) is 8.81. The Labute approximate surface area is 206 Å². The number of aryl methyl sites for hydroxylation is 2. The minimum Gasteiger partial charge on any atom is -0.496 e. The van der Waals surface area contributed by atoms with Crippen molar-refractivity contribution in [2.24, 2.45) is 11.8 Å². The summed E-state index contributed by atoms with van der Waals surface area (Å²) < 4.78 is 11.3. The van der Waals surface area contributed by atoms with Crippen LogP contribution in [0.25, 0.3) is 11.0 Å². The number of nitrogens with zero attached hydrogens (tertiary/aromatic N) is 2. The molecule has 0 spiro atoms. The molecule has 2 bridgehead atoms. The number of ether oxygens (including phenoxy) is 1. The first kappa shape index (κ1) is 22.8. The van der Waals surface area contributed by atoms with Gasteiger partial charge in [-0.1, -0.05) is 18.1 Å². The van der Waals surface area contributed by atoms with Gasteiger partial charge in [0.05, 0.1) is 30.5 Å². The smallest absolute Gasteiger partial charge is 0.340 e. The predicted molar refractivity (Wildman–Crippen MR) is 136 cm³/mol. The van der Waals surface area contributed by atoms with Crippen molar-refractivity contribution in [3.05, 3.63) is 50.9 Å². The van der Waals surface area contributed by atoms with Crippen LogP contribution in [0.4, 0.5) is 0 Å². The molecule has 3 aliphatic heterocycles. The topological polar surface area (TPSA) is 63.0 Å². The fourth-order valence-electron chi connectivity index (χ4n) is 7.51. The molecule has 186 valence electrons. The van der Waals surface area contributed by atoms with Crippen molar-refractivity contribution in [2.45, 2.75) is 70.9 Å². The van der Waals surface area contributed by atoms with Gasteiger partial charge in [0.2, 0.25) is 5.91 Å². The lowest BCUT2D eigenvalue weighted by Gasteiger charge is -2.54. The van der Waals surface area contributed by atoms with Crippen LogP contribution in [0.3, 0.4) is 0 Å². The van der Waals surface area contributed by atoms with Crippen molar-refractivity contribution >= 4 is 16.9 Å². The first-order chi connectivity index (χ1) is 16.9. The first-order valence-corrected chi connectivity index (χ1v) is 13.3. The number of rotatable bonds is 3. The predicted octanol–water partition coefficient (Wildman–Crippen LogP) is 4.38. The van der Waals surface area contributed by atoms with Crippen LogP contribution in [0.1, 0.15) is 55.2 Å². The van der Waals surface area contributed by atoms with E-state index in [1.54, 1.807) is 7.11 Å². The largest absolute Gasteiger partial charge is 0.496 e. The highest BCUT2D eigenvalue weighted by molar-refractivity contribution is 5.90. The van der Waals surface area contributed by atoms with Crippen LogP contribution < -0.4 is 10.4 Å². The van der Waals surface area contributed by atoms with E-state index in [0.29, 0.717) is 34.8 Å². The Morgan fingerprint density at radius 2 is 2.03 bits per heavy atom. The second-order valence-electron chi connectivity index (χ2n) is 11.1. The molecule has 1 aliphatic carbocycles. The molecule has 0 saturated carbocycles. The van der Waals surface area contributed by atoms with Crippen LogP contribution in [0.15, 0.2) is 33.0 Å². The average Bonchev–Trinajstić information content (AvgIpc) is 2.85. The van der Waals surface area contributed by atoms with E-state index in [-0.39, 0.29) is 18.4 Å². The molecule has 6 heteroatoms. The summed E-state index contributed by atoms with van der Waals surface area (Å²) in [7, 11) is 1.62. The maximum atomic E-state index is 13.8. The van der Waals surface area contributed by atoms with Crippen molar-refractivity contribution in [3.63, 3.8) is 0 Å². The molecule has 0 N–H and O–H groups in total. The Kier molecular flexibility index (Phi) is 5.75. The summed E-state index contributed by atoms with van der Waals surface area (Å²) >= 11 is 0. The molecule has 35 heavy (non-hydrogen) atoms. The summed E-state index contributed by atoms with van der Waals surface area (Å²) in [5.41, 5.74) is 3.77. The van der Waals surface area contributed by atoms with E-state index in [1.807, 2.05) is 26.0 Å². The van der Waals surface area contributed by atoms with E-state index in [2.05, 4.69) is 15.9 Å². The van der Waals surface area contributed by atoms with E-state index < -0.39 is 5.63 Å². The van der Waals surface area contributed by atoms with Gasteiger partial charge in [-0.05, 0) is 87.6 Å². The van der Waals surface area contributed by atoms with Crippen molar-refractivity contribution < 1.29 is 13.9 Å². The van der Waals surface area contributed by atoms with Crippen molar-refractivity contribution in [1.29, 1.82) is 0 Å². The average molecular weight is 477 g/mol. The number of methoxy groups -OCH3 is 1. The van der Waals surface area contributed by atoms with Crippen LogP contribution in [0.2, 0.25) is 0 Å². The van der Waals surface area contributed by atoms with Gasteiger partial charge in [0, 0.05) is 19.1 Å². The van der Waals surface area contributed by atoms with Crippen LogP contribution in [0, 0.1) is 25.7 Å². The normalized spacial score (nSPS) is 28.3. The minimum absolute atomic E-state index is 0.0423. The molecule has 0 radical (unpaired) electrons. The lowest BCUT2D eigenvalue weighted by molar-refractivity contribution is -0.135. The maximum Gasteiger partial charge on any atom is 0.340 e. The van der Waals surface area contributed by atoms with E-state index in [9.17, 15) is 9.59 Å². The Morgan fingerprint density at radius 1 is 1.17 bits per heavy atom. The van der Waals surface area contributed by atoms with Gasteiger partial charge >= 0.3 is 5.63 Å². The van der Waals surface area contributed by atoms with Gasteiger partial charge in [-0.15, -0.1) is 0 Å². The summed E-state index contributed by atoms with van der Waals surface area (Å²) in [6.45, 7) is 6.92. The molecule has 6 nitrogen and oxygen atoms in total. The van der Waals surface area contributed by atoms with Gasteiger partial charge in [-0.2, -0.15) is 0 Å². The molecule has 3 fully saturated rings. The van der Waals surface area contributed by atoms with Crippen molar-refractivity contribution in [3.8, 4) is 5.75 Å². The van der Waals surface area contributed by atoms with Gasteiger partial charge in [0.1, 0.15) is 11.3 Å². The molecule has 3 saturated heterocycles. The number of carbonyl (C=O) groups excluding carboxylic acids is 1. The highest BCUT2D eigenvalue weighted by Gasteiger charge is 2.46. The summed E-state index contributed by atoms with van der Waals surface area (Å²) in [6, 6.07) is 4.68. The molecule has 2 unspecified atom stereocenters. The fourth-order valence-corrected chi connectivity index (χ4v) is 7.51. The number of likely N-dealkylation sites (tertiary alicyclic amines) is 1. The molecular weight excluding hydrogens is 440 g/mol. The standard InChI is InChI=1S/C29H36N2O4/c1-17-11-24(34-3)27-18(2)22(29(33)35-25(27)12-17)15-26(32)31-10-6-7-19-13-20-14-21(28(19)31)16-30-9-5-4-8-23(20)30/h11-13,20-21,23,28H,4-10,14-16H2,1-3H3/t20?,21?,23-,28-/m1/s1.